The zero-order valence-corrected chi connectivity index (χ0v) is 21.8. The summed E-state index contributed by atoms with van der Waals surface area (Å²) >= 11 is 0. The molecule has 0 saturated carbocycles. The number of aromatic nitrogens is 2. The number of anilines is 1. The lowest BCUT2D eigenvalue weighted by Gasteiger charge is -2.29. The lowest BCUT2D eigenvalue weighted by molar-refractivity contribution is -0.138. The second-order valence-electron chi connectivity index (χ2n) is 10.2. The standard InChI is InChI=1S/C28H32F3N5O3/c1-18-20(3-2-4-23(18)28(29,30)31)16-36-17-22(27(38)34-14-19-5-7-32-8-6-19)26(37)25-24(36)13-21(15-33-25)35-9-11-39-12-10-35/h2-4,13,15,17,19,32H,5-12,14,16H2,1H3,(H,34,38). The van der Waals surface area contributed by atoms with Gasteiger partial charge in [-0.25, -0.2) is 4.98 Å². The third kappa shape index (κ3) is 5.94. The first-order chi connectivity index (χ1) is 18.7. The highest BCUT2D eigenvalue weighted by Gasteiger charge is 2.33. The largest absolute Gasteiger partial charge is 0.416 e. The number of hydrogen-bond donors (Lipinski definition) is 2. The van der Waals surface area contributed by atoms with Gasteiger partial charge in [0.2, 0.25) is 5.43 Å². The highest BCUT2D eigenvalue weighted by molar-refractivity contribution is 5.97. The van der Waals surface area contributed by atoms with Gasteiger partial charge in [-0.1, -0.05) is 12.1 Å². The van der Waals surface area contributed by atoms with Crippen molar-refractivity contribution in [2.24, 2.45) is 5.92 Å². The van der Waals surface area contributed by atoms with Gasteiger partial charge in [-0.15, -0.1) is 0 Å². The van der Waals surface area contributed by atoms with Crippen LogP contribution in [0.1, 0.15) is 39.9 Å². The molecule has 0 atom stereocenters. The number of amides is 1. The number of morpholine rings is 1. The zero-order chi connectivity index (χ0) is 27.6. The van der Waals surface area contributed by atoms with Gasteiger partial charge >= 0.3 is 6.18 Å². The summed E-state index contributed by atoms with van der Waals surface area (Å²) in [5.74, 6) is -0.186. The smallest absolute Gasteiger partial charge is 0.378 e. The maximum atomic E-state index is 13.6. The van der Waals surface area contributed by atoms with E-state index in [4.69, 9.17) is 4.74 Å². The van der Waals surface area contributed by atoms with Crippen LogP contribution in [0, 0.1) is 12.8 Å². The molecule has 2 fully saturated rings. The number of hydrogen-bond acceptors (Lipinski definition) is 6. The molecular formula is C28H32F3N5O3. The molecular weight excluding hydrogens is 511 g/mol. The van der Waals surface area contributed by atoms with Crippen molar-refractivity contribution in [1.29, 1.82) is 0 Å². The number of nitrogens with zero attached hydrogens (tertiary/aromatic N) is 3. The Bertz CT molecular complexity index is 1410. The third-order valence-electron chi connectivity index (χ3n) is 7.63. The molecule has 1 amide bonds. The summed E-state index contributed by atoms with van der Waals surface area (Å²) in [4.78, 5) is 33.2. The van der Waals surface area contributed by atoms with E-state index in [1.54, 1.807) is 16.8 Å². The van der Waals surface area contributed by atoms with Crippen molar-refractivity contribution in [2.45, 2.75) is 32.5 Å². The fraction of sp³-hybridized carbons (Fsp3) is 0.464. The van der Waals surface area contributed by atoms with Crippen LogP contribution in [0.2, 0.25) is 0 Å². The van der Waals surface area contributed by atoms with Gasteiger partial charge in [-0.05, 0) is 62.0 Å². The van der Waals surface area contributed by atoms with Gasteiger partial charge in [-0.3, -0.25) is 9.59 Å². The van der Waals surface area contributed by atoms with Crippen LogP contribution in [0.25, 0.3) is 11.0 Å². The van der Waals surface area contributed by atoms with Crippen LogP contribution < -0.4 is 21.0 Å². The van der Waals surface area contributed by atoms with Gasteiger partial charge in [0.05, 0.1) is 36.2 Å². The Hall–Kier alpha value is -3.44. The summed E-state index contributed by atoms with van der Waals surface area (Å²) in [6, 6.07) is 5.87. The van der Waals surface area contributed by atoms with E-state index in [0.29, 0.717) is 49.8 Å². The van der Waals surface area contributed by atoms with Gasteiger partial charge in [0.1, 0.15) is 11.1 Å². The molecule has 2 aliphatic heterocycles. The maximum absolute atomic E-state index is 13.6. The number of carbonyl (C=O) groups excluding carboxylic acids is 1. The minimum absolute atomic E-state index is 0.0371. The summed E-state index contributed by atoms with van der Waals surface area (Å²) in [6.45, 7) is 6.12. The van der Waals surface area contributed by atoms with Crippen molar-refractivity contribution < 1.29 is 22.7 Å². The first-order valence-corrected chi connectivity index (χ1v) is 13.2. The highest BCUT2D eigenvalue weighted by Crippen LogP contribution is 2.33. The lowest BCUT2D eigenvalue weighted by Crippen LogP contribution is -2.38. The molecule has 3 aromatic rings. The molecule has 2 aliphatic rings. The monoisotopic (exact) mass is 543 g/mol. The Balaban J connectivity index is 1.55. The van der Waals surface area contributed by atoms with Crippen LogP contribution in [-0.4, -0.2) is 61.4 Å². The van der Waals surface area contributed by atoms with Crippen molar-refractivity contribution in [3.05, 3.63) is 69.1 Å². The van der Waals surface area contributed by atoms with Crippen LogP contribution in [0.15, 0.2) is 41.5 Å². The number of nitrogens with one attached hydrogen (secondary N) is 2. The Morgan fingerprint density at radius 3 is 2.67 bits per heavy atom. The topological polar surface area (TPSA) is 88.5 Å². The van der Waals surface area contributed by atoms with Crippen LogP contribution in [0.3, 0.4) is 0 Å². The molecule has 0 radical (unpaired) electrons. The highest BCUT2D eigenvalue weighted by atomic mass is 19.4. The molecule has 0 aliphatic carbocycles. The molecule has 2 aromatic heterocycles. The molecule has 5 rings (SSSR count). The molecule has 208 valence electrons. The van der Waals surface area contributed by atoms with Crippen molar-refractivity contribution in [3.63, 3.8) is 0 Å². The summed E-state index contributed by atoms with van der Waals surface area (Å²) in [5, 5.41) is 6.17. The van der Waals surface area contributed by atoms with Gasteiger partial charge in [-0.2, -0.15) is 13.2 Å². The number of piperidine rings is 1. The Morgan fingerprint density at radius 1 is 1.21 bits per heavy atom. The van der Waals surface area contributed by atoms with E-state index >= 15 is 0 Å². The number of rotatable bonds is 6. The van der Waals surface area contributed by atoms with Crippen molar-refractivity contribution in [1.82, 2.24) is 20.2 Å². The fourth-order valence-corrected chi connectivity index (χ4v) is 5.30. The number of carbonyl (C=O) groups is 1. The van der Waals surface area contributed by atoms with Crippen LogP contribution in [0.4, 0.5) is 18.9 Å². The molecule has 4 heterocycles. The molecule has 8 nitrogen and oxygen atoms in total. The Kier molecular flexibility index (Phi) is 7.90. The van der Waals surface area contributed by atoms with Gasteiger partial charge in [0.25, 0.3) is 5.91 Å². The molecule has 2 saturated heterocycles. The molecule has 0 bridgehead atoms. The summed E-state index contributed by atoms with van der Waals surface area (Å²) < 4.78 is 47.9. The Labute approximate surface area is 224 Å². The van der Waals surface area contributed by atoms with Crippen LogP contribution >= 0.6 is 0 Å². The molecule has 11 heteroatoms. The van der Waals surface area contributed by atoms with Crippen LogP contribution in [-0.2, 0) is 17.5 Å². The summed E-state index contributed by atoms with van der Waals surface area (Å²) in [5.41, 5.74) is 0.590. The average Bonchev–Trinajstić information content (AvgIpc) is 2.94. The molecule has 0 spiro atoms. The van der Waals surface area contributed by atoms with Gasteiger partial charge < -0.3 is 24.8 Å². The number of alkyl halides is 3. The maximum Gasteiger partial charge on any atom is 0.416 e. The predicted octanol–water partition coefficient (Wildman–Crippen LogP) is 3.34. The first-order valence-electron chi connectivity index (χ1n) is 13.2. The number of pyridine rings is 2. The Morgan fingerprint density at radius 2 is 1.95 bits per heavy atom. The minimum Gasteiger partial charge on any atom is -0.378 e. The molecule has 1 aromatic carbocycles. The van der Waals surface area contributed by atoms with Crippen molar-refractivity contribution in [2.75, 3.05) is 50.8 Å². The number of benzene rings is 1. The van der Waals surface area contributed by atoms with E-state index in [9.17, 15) is 22.8 Å². The quantitative estimate of drug-likeness (QED) is 0.496. The zero-order valence-electron chi connectivity index (χ0n) is 21.8. The molecule has 2 N–H and O–H groups in total. The SMILES string of the molecule is Cc1c(Cn2cc(C(=O)NCC3CCNCC3)c(=O)c3ncc(N4CCOCC4)cc32)cccc1C(F)(F)F. The van der Waals surface area contributed by atoms with Gasteiger partial charge in [0.15, 0.2) is 0 Å². The third-order valence-corrected chi connectivity index (χ3v) is 7.63. The number of halogens is 3. The first kappa shape index (κ1) is 27.1. The van der Waals surface area contributed by atoms with Crippen molar-refractivity contribution >= 4 is 22.6 Å². The van der Waals surface area contributed by atoms with E-state index in [1.165, 1.54) is 19.2 Å². The summed E-state index contributed by atoms with van der Waals surface area (Å²) in [7, 11) is 0. The fourth-order valence-electron chi connectivity index (χ4n) is 5.30. The van der Waals surface area contributed by atoms with Crippen molar-refractivity contribution in [3.8, 4) is 0 Å². The average molecular weight is 544 g/mol. The molecule has 39 heavy (non-hydrogen) atoms. The van der Waals surface area contributed by atoms with E-state index in [0.717, 1.165) is 37.7 Å². The second-order valence-corrected chi connectivity index (χ2v) is 10.2. The van der Waals surface area contributed by atoms with E-state index in [-0.39, 0.29) is 23.2 Å². The number of ether oxygens (including phenoxy) is 1. The molecule has 0 unspecified atom stereocenters. The normalized spacial score (nSPS) is 17.0. The van der Waals surface area contributed by atoms with Gasteiger partial charge in [0, 0.05) is 32.4 Å². The predicted molar refractivity (Wildman–Crippen MR) is 142 cm³/mol. The van der Waals surface area contributed by atoms with E-state index in [2.05, 4.69) is 20.5 Å². The van der Waals surface area contributed by atoms with E-state index < -0.39 is 23.1 Å². The van der Waals surface area contributed by atoms with Crippen LogP contribution in [0.5, 0.6) is 0 Å². The second kappa shape index (κ2) is 11.4. The minimum atomic E-state index is -4.49. The lowest BCUT2D eigenvalue weighted by atomic mass is 9.98. The van der Waals surface area contributed by atoms with E-state index in [1.807, 2.05) is 6.07 Å². The summed E-state index contributed by atoms with van der Waals surface area (Å²) in [6.07, 6.45) is 0.431. The number of fused-ring (bicyclic) bond motifs is 1.